The average molecular weight is 527 g/mol. The van der Waals surface area contributed by atoms with E-state index >= 15 is 0 Å². The highest BCUT2D eigenvalue weighted by molar-refractivity contribution is 4.76. The Bertz CT molecular complexity index is 443. The third kappa shape index (κ3) is 29.8. The molecule has 36 heavy (non-hydrogen) atoms. The molecule has 0 aromatic heterocycles. The first-order valence-electron chi connectivity index (χ1n) is 13.1. The van der Waals surface area contributed by atoms with Crippen LogP contribution in [0.15, 0.2) is 0 Å². The Labute approximate surface area is 219 Å². The van der Waals surface area contributed by atoms with Crippen LogP contribution in [0.3, 0.4) is 0 Å². The highest BCUT2D eigenvalue weighted by Crippen LogP contribution is 2.29. The summed E-state index contributed by atoms with van der Waals surface area (Å²) in [6.07, 6.45) is 1.00. The number of ether oxygens (including phenoxy) is 9. The fourth-order valence-electron chi connectivity index (χ4n) is 3.41. The summed E-state index contributed by atoms with van der Waals surface area (Å²) in [5.74, 6) is 0. The zero-order chi connectivity index (χ0) is 26.8. The monoisotopic (exact) mass is 526 g/mol. The van der Waals surface area contributed by atoms with Gasteiger partial charge in [-0.15, -0.1) is 0 Å². The summed E-state index contributed by atoms with van der Waals surface area (Å²) < 4.78 is 49.1. The zero-order valence-corrected chi connectivity index (χ0v) is 23.6. The number of hydrogen-bond donors (Lipinski definition) is 1. The van der Waals surface area contributed by atoms with E-state index in [4.69, 9.17) is 47.7 Å². The van der Waals surface area contributed by atoms with Crippen LogP contribution in [-0.4, -0.2) is 130 Å². The topological polar surface area (TPSA) is 103 Å². The molecule has 0 bridgehead atoms. The minimum absolute atomic E-state index is 0.0307. The lowest BCUT2D eigenvalue weighted by Crippen LogP contribution is -2.31. The van der Waals surface area contributed by atoms with Crippen molar-refractivity contribution in [2.45, 2.75) is 46.6 Å². The molecule has 218 valence electrons. The molecule has 0 rings (SSSR count). The molecule has 0 fully saturated rings. The number of aliphatic hydroxyl groups excluding tert-OH is 1. The van der Waals surface area contributed by atoms with Crippen LogP contribution in [0.5, 0.6) is 0 Å². The Morgan fingerprint density at radius 2 is 0.639 bits per heavy atom. The van der Waals surface area contributed by atoms with Gasteiger partial charge in [0, 0.05) is 0 Å². The van der Waals surface area contributed by atoms with Crippen molar-refractivity contribution in [2.24, 2.45) is 5.41 Å². The van der Waals surface area contributed by atoms with E-state index in [9.17, 15) is 0 Å². The van der Waals surface area contributed by atoms with Crippen molar-refractivity contribution in [3.05, 3.63) is 0 Å². The Balaban J connectivity index is 3.16. The minimum atomic E-state index is -0.143. The van der Waals surface area contributed by atoms with Gasteiger partial charge >= 0.3 is 0 Å². The van der Waals surface area contributed by atoms with Crippen molar-refractivity contribution in [1.29, 1.82) is 0 Å². The third-order valence-electron chi connectivity index (χ3n) is 4.52. The summed E-state index contributed by atoms with van der Waals surface area (Å²) in [7, 11) is 0. The fourth-order valence-corrected chi connectivity index (χ4v) is 3.41. The Kier molecular flexibility index (Phi) is 24.6. The molecule has 0 aromatic carbocycles. The third-order valence-corrected chi connectivity index (χ3v) is 4.52. The molecule has 0 aliphatic carbocycles. The second-order valence-electron chi connectivity index (χ2n) is 9.97. The van der Waals surface area contributed by atoms with E-state index in [1.54, 1.807) is 0 Å². The standard InChI is InChI=1S/C26H54O10/c1-25(2,3)24-26(4,5)36-23-22-35-21-20-34-19-18-33-17-16-32-15-14-31-13-12-30-11-10-29-9-8-28-7-6-27/h27H,6-24H2,1-5H3. The fraction of sp³-hybridized carbons (Fsp3) is 1.00. The summed E-state index contributed by atoms with van der Waals surface area (Å²) in [5, 5.41) is 8.56. The van der Waals surface area contributed by atoms with Gasteiger partial charge in [0.2, 0.25) is 0 Å². The molecule has 0 spiro atoms. The van der Waals surface area contributed by atoms with Crippen LogP contribution < -0.4 is 0 Å². The van der Waals surface area contributed by atoms with Crippen LogP contribution in [0.2, 0.25) is 0 Å². The Morgan fingerprint density at radius 1 is 0.389 bits per heavy atom. The van der Waals surface area contributed by atoms with Crippen molar-refractivity contribution in [1.82, 2.24) is 0 Å². The smallest absolute Gasteiger partial charge is 0.0707 e. The lowest BCUT2D eigenvalue weighted by atomic mass is 9.84. The summed E-state index contributed by atoms with van der Waals surface area (Å²) in [6, 6.07) is 0. The second-order valence-corrected chi connectivity index (χ2v) is 9.97. The number of hydrogen-bond acceptors (Lipinski definition) is 10. The lowest BCUT2D eigenvalue weighted by molar-refractivity contribution is -0.0704. The molecule has 1 N–H and O–H groups in total. The van der Waals surface area contributed by atoms with Crippen molar-refractivity contribution >= 4 is 0 Å². The van der Waals surface area contributed by atoms with Gasteiger partial charge in [-0.05, 0) is 25.7 Å². The molecule has 0 aromatic rings. The van der Waals surface area contributed by atoms with E-state index in [2.05, 4.69) is 34.6 Å². The maximum Gasteiger partial charge on any atom is 0.0707 e. The molecule has 0 aliphatic rings. The highest BCUT2D eigenvalue weighted by atomic mass is 16.6. The minimum Gasteiger partial charge on any atom is -0.394 e. The molecule has 0 saturated heterocycles. The largest absolute Gasteiger partial charge is 0.394 e. The first kappa shape index (κ1) is 35.6. The molecule has 0 radical (unpaired) electrons. The molecule has 0 amide bonds. The van der Waals surface area contributed by atoms with Gasteiger partial charge in [-0.3, -0.25) is 0 Å². The van der Waals surface area contributed by atoms with Gasteiger partial charge in [0.25, 0.3) is 0 Å². The molecule has 0 aliphatic heterocycles. The maximum absolute atomic E-state index is 8.56. The molecular formula is C26H54O10. The number of rotatable bonds is 28. The van der Waals surface area contributed by atoms with Crippen LogP contribution >= 0.6 is 0 Å². The van der Waals surface area contributed by atoms with E-state index < -0.39 is 0 Å². The van der Waals surface area contributed by atoms with Gasteiger partial charge in [-0.1, -0.05) is 20.8 Å². The van der Waals surface area contributed by atoms with Gasteiger partial charge in [0.1, 0.15) is 0 Å². The van der Waals surface area contributed by atoms with E-state index in [1.807, 2.05) is 0 Å². The van der Waals surface area contributed by atoms with Gasteiger partial charge < -0.3 is 47.7 Å². The predicted molar refractivity (Wildman–Crippen MR) is 138 cm³/mol. The van der Waals surface area contributed by atoms with Crippen LogP contribution in [0, 0.1) is 5.41 Å². The quantitative estimate of drug-likeness (QED) is 0.153. The predicted octanol–water partition coefficient (Wildman–Crippen LogP) is 2.34. The van der Waals surface area contributed by atoms with Gasteiger partial charge in [0.05, 0.1) is 125 Å². The molecular weight excluding hydrogens is 472 g/mol. The number of aliphatic hydroxyl groups is 1. The van der Waals surface area contributed by atoms with Crippen LogP contribution in [0.25, 0.3) is 0 Å². The summed E-state index contributed by atoms with van der Waals surface area (Å²) >= 11 is 0. The second kappa shape index (κ2) is 24.9. The SMILES string of the molecule is CC(C)(C)CC(C)(C)OCCOCCOCCOCCOCCOCCOCCOCCOCCO. The van der Waals surface area contributed by atoms with E-state index in [-0.39, 0.29) is 17.6 Å². The Hall–Kier alpha value is -0.400. The van der Waals surface area contributed by atoms with E-state index in [0.717, 1.165) is 6.42 Å². The Morgan fingerprint density at radius 3 is 0.889 bits per heavy atom. The van der Waals surface area contributed by atoms with E-state index in [1.165, 1.54) is 0 Å². The van der Waals surface area contributed by atoms with Crippen molar-refractivity contribution in [3.63, 3.8) is 0 Å². The zero-order valence-electron chi connectivity index (χ0n) is 23.6. The first-order valence-corrected chi connectivity index (χ1v) is 13.1. The molecule has 0 unspecified atom stereocenters. The normalized spacial score (nSPS) is 12.5. The van der Waals surface area contributed by atoms with Crippen molar-refractivity contribution < 1.29 is 47.7 Å². The van der Waals surface area contributed by atoms with Gasteiger partial charge in [-0.2, -0.15) is 0 Å². The van der Waals surface area contributed by atoms with Crippen LogP contribution in [-0.2, 0) is 42.6 Å². The molecule has 0 atom stereocenters. The molecule has 0 saturated carbocycles. The van der Waals surface area contributed by atoms with Gasteiger partial charge in [-0.25, -0.2) is 0 Å². The molecule has 10 nitrogen and oxygen atoms in total. The molecule has 10 heteroatoms. The summed E-state index contributed by atoms with van der Waals surface area (Å²) in [6.45, 7) is 19.7. The van der Waals surface area contributed by atoms with Crippen molar-refractivity contribution in [3.8, 4) is 0 Å². The summed E-state index contributed by atoms with van der Waals surface area (Å²) in [4.78, 5) is 0. The van der Waals surface area contributed by atoms with Crippen LogP contribution in [0.4, 0.5) is 0 Å². The average Bonchev–Trinajstić information content (AvgIpc) is 2.79. The lowest BCUT2D eigenvalue weighted by Gasteiger charge is -2.32. The molecule has 0 heterocycles. The van der Waals surface area contributed by atoms with E-state index in [0.29, 0.717) is 112 Å². The van der Waals surface area contributed by atoms with Crippen LogP contribution in [0.1, 0.15) is 41.0 Å². The van der Waals surface area contributed by atoms with Gasteiger partial charge in [0.15, 0.2) is 0 Å². The first-order chi connectivity index (χ1) is 17.3. The van der Waals surface area contributed by atoms with Crippen molar-refractivity contribution in [2.75, 3.05) is 119 Å². The maximum atomic E-state index is 8.56. The highest BCUT2D eigenvalue weighted by Gasteiger charge is 2.25. The summed E-state index contributed by atoms with van der Waals surface area (Å²) in [5.41, 5.74) is 0.0998.